The lowest BCUT2D eigenvalue weighted by molar-refractivity contribution is 0.165. The number of rotatable bonds is 6. The van der Waals surface area contributed by atoms with Crippen molar-refractivity contribution >= 4 is 23.6 Å². The molecule has 1 rings (SSSR count). The fourth-order valence-corrected chi connectivity index (χ4v) is 2.00. The topological polar surface area (TPSA) is 70.6 Å². The summed E-state index contributed by atoms with van der Waals surface area (Å²) in [6.07, 6.45) is -0.682. The van der Waals surface area contributed by atoms with Gasteiger partial charge in [0.25, 0.3) is 0 Å². The number of hydrogen-bond donors (Lipinski definition) is 4. The largest absolute Gasteiger partial charge is 0.453 e. The molecular formula is C14H22N2O3S. The van der Waals surface area contributed by atoms with E-state index >= 15 is 0 Å². The standard InChI is InChI=1S/C14H22N2O3S/c1-8-5-11(7-19-14(18)20)6-9(2)12(8)16-13(17)10(3)15-4/h5-6,10,13,15-17H,7H2,1-4H3,(H,18,20). The zero-order valence-corrected chi connectivity index (χ0v) is 13.1. The summed E-state index contributed by atoms with van der Waals surface area (Å²) in [5, 5.41) is 15.5. The Balaban J connectivity index is 2.86. The van der Waals surface area contributed by atoms with Gasteiger partial charge in [-0.1, -0.05) is 24.8 Å². The number of benzene rings is 1. The summed E-state index contributed by atoms with van der Waals surface area (Å²) < 4.78 is 4.86. The Morgan fingerprint density at radius 1 is 1.40 bits per heavy atom. The SMILES string of the molecule is CNC(C)C(O)Nc1c(C)cc(COC(=O)S)cc1C. The Labute approximate surface area is 125 Å². The predicted molar refractivity (Wildman–Crippen MR) is 83.2 cm³/mol. The third-order valence-corrected chi connectivity index (χ3v) is 3.31. The molecule has 1 aromatic rings. The van der Waals surface area contributed by atoms with Gasteiger partial charge in [0.1, 0.15) is 12.8 Å². The van der Waals surface area contributed by atoms with Crippen molar-refractivity contribution in [2.75, 3.05) is 12.4 Å². The first-order chi connectivity index (χ1) is 9.35. The number of aliphatic hydroxyl groups is 1. The van der Waals surface area contributed by atoms with Gasteiger partial charge in [-0.15, -0.1) is 0 Å². The maximum atomic E-state index is 10.7. The van der Waals surface area contributed by atoms with Gasteiger partial charge >= 0.3 is 5.30 Å². The summed E-state index contributed by atoms with van der Waals surface area (Å²) in [5.74, 6) is 0. The van der Waals surface area contributed by atoms with E-state index in [-0.39, 0.29) is 12.6 Å². The normalized spacial score (nSPS) is 13.7. The van der Waals surface area contributed by atoms with Crippen molar-refractivity contribution in [1.29, 1.82) is 0 Å². The molecule has 0 bridgehead atoms. The van der Waals surface area contributed by atoms with Gasteiger partial charge in [-0.3, -0.25) is 0 Å². The summed E-state index contributed by atoms with van der Waals surface area (Å²) >= 11 is 3.57. The van der Waals surface area contributed by atoms with Crippen molar-refractivity contribution in [3.8, 4) is 0 Å². The molecule has 0 saturated heterocycles. The molecule has 5 nitrogen and oxygen atoms in total. The first-order valence-electron chi connectivity index (χ1n) is 6.43. The molecular weight excluding hydrogens is 276 g/mol. The minimum atomic E-state index is -0.682. The molecule has 0 fully saturated rings. The predicted octanol–water partition coefficient (Wildman–Crippen LogP) is 2.21. The molecule has 2 atom stereocenters. The van der Waals surface area contributed by atoms with E-state index in [1.807, 2.05) is 32.9 Å². The number of likely N-dealkylation sites (N-methyl/N-ethyl adjacent to an activating group) is 1. The molecule has 0 aromatic heterocycles. The van der Waals surface area contributed by atoms with Gasteiger partial charge in [0, 0.05) is 11.7 Å². The van der Waals surface area contributed by atoms with Gasteiger partial charge < -0.3 is 20.5 Å². The van der Waals surface area contributed by atoms with Crippen molar-refractivity contribution in [2.45, 2.75) is 39.6 Å². The molecule has 0 aliphatic heterocycles. The van der Waals surface area contributed by atoms with Crippen molar-refractivity contribution in [3.05, 3.63) is 28.8 Å². The van der Waals surface area contributed by atoms with Crippen molar-refractivity contribution in [2.24, 2.45) is 0 Å². The van der Waals surface area contributed by atoms with E-state index < -0.39 is 11.5 Å². The molecule has 1 aromatic carbocycles. The second-order valence-electron chi connectivity index (χ2n) is 4.83. The summed E-state index contributed by atoms with van der Waals surface area (Å²) in [5.41, 5.74) is 3.75. The van der Waals surface area contributed by atoms with Gasteiger partial charge in [0.05, 0.1) is 0 Å². The van der Waals surface area contributed by atoms with Crippen molar-refractivity contribution in [3.63, 3.8) is 0 Å². The number of nitrogens with one attached hydrogen (secondary N) is 2. The summed E-state index contributed by atoms with van der Waals surface area (Å²) in [6, 6.07) is 3.77. The molecule has 20 heavy (non-hydrogen) atoms. The van der Waals surface area contributed by atoms with E-state index in [2.05, 4.69) is 23.3 Å². The highest BCUT2D eigenvalue weighted by Crippen LogP contribution is 2.23. The maximum Gasteiger partial charge on any atom is 0.364 e. The number of thiol groups is 1. The average Bonchev–Trinajstić information content (AvgIpc) is 2.39. The van der Waals surface area contributed by atoms with Crippen LogP contribution in [0.25, 0.3) is 0 Å². The monoisotopic (exact) mass is 298 g/mol. The number of hydrogen-bond acceptors (Lipinski definition) is 5. The van der Waals surface area contributed by atoms with Crippen molar-refractivity contribution in [1.82, 2.24) is 5.32 Å². The lowest BCUT2D eigenvalue weighted by Gasteiger charge is -2.23. The highest BCUT2D eigenvalue weighted by atomic mass is 32.1. The van der Waals surface area contributed by atoms with Crippen LogP contribution in [-0.2, 0) is 11.3 Å². The summed E-state index contributed by atoms with van der Waals surface area (Å²) in [4.78, 5) is 10.7. The lowest BCUT2D eigenvalue weighted by atomic mass is 10.0. The van der Waals surface area contributed by atoms with E-state index in [1.165, 1.54) is 0 Å². The van der Waals surface area contributed by atoms with Gasteiger partial charge in [-0.05, 0) is 44.5 Å². The molecule has 2 unspecified atom stereocenters. The molecule has 0 saturated carbocycles. The number of carbonyl (C=O) groups excluding carboxylic acids is 1. The molecule has 0 amide bonds. The van der Waals surface area contributed by atoms with E-state index in [1.54, 1.807) is 7.05 Å². The lowest BCUT2D eigenvalue weighted by Crippen LogP contribution is -2.40. The number of aliphatic hydroxyl groups excluding tert-OH is 1. The minimum absolute atomic E-state index is 0.0707. The van der Waals surface area contributed by atoms with Crippen LogP contribution in [0, 0.1) is 13.8 Å². The van der Waals surface area contributed by atoms with Crippen LogP contribution < -0.4 is 10.6 Å². The van der Waals surface area contributed by atoms with Crippen LogP contribution in [0.2, 0.25) is 0 Å². The third kappa shape index (κ3) is 4.70. The second-order valence-corrected chi connectivity index (χ2v) is 5.19. The third-order valence-electron chi connectivity index (χ3n) is 3.18. The van der Waals surface area contributed by atoms with Gasteiger partial charge in [0.15, 0.2) is 0 Å². The molecule has 112 valence electrons. The number of aryl methyl sites for hydroxylation is 2. The first kappa shape index (κ1) is 16.8. The first-order valence-corrected chi connectivity index (χ1v) is 6.87. The van der Waals surface area contributed by atoms with Gasteiger partial charge in [-0.25, -0.2) is 4.79 Å². The zero-order valence-electron chi connectivity index (χ0n) is 12.2. The van der Waals surface area contributed by atoms with Crippen molar-refractivity contribution < 1.29 is 14.6 Å². The fourth-order valence-electron chi connectivity index (χ4n) is 1.94. The van der Waals surface area contributed by atoms with Crippen LogP contribution in [0.4, 0.5) is 10.5 Å². The van der Waals surface area contributed by atoms with E-state index in [4.69, 9.17) is 4.74 Å². The van der Waals surface area contributed by atoms with Gasteiger partial charge in [-0.2, -0.15) is 0 Å². The number of ether oxygens (including phenoxy) is 1. The van der Waals surface area contributed by atoms with Crippen LogP contribution >= 0.6 is 12.6 Å². The number of anilines is 1. The Kier molecular flexibility index (Phi) is 6.32. The highest BCUT2D eigenvalue weighted by Gasteiger charge is 2.14. The number of carbonyl (C=O) groups is 1. The average molecular weight is 298 g/mol. The van der Waals surface area contributed by atoms with Crippen LogP contribution in [-0.4, -0.2) is 29.7 Å². The molecule has 3 N–H and O–H groups in total. The zero-order chi connectivity index (χ0) is 15.3. The fraction of sp³-hybridized carbons (Fsp3) is 0.500. The Morgan fingerprint density at radius 3 is 2.40 bits per heavy atom. The minimum Gasteiger partial charge on any atom is -0.453 e. The molecule has 0 aliphatic rings. The quantitative estimate of drug-likeness (QED) is 0.368. The van der Waals surface area contributed by atoms with Crippen LogP contribution in [0.5, 0.6) is 0 Å². The molecule has 0 spiro atoms. The molecule has 6 heteroatoms. The molecule has 0 heterocycles. The Bertz CT molecular complexity index is 456. The van der Waals surface area contributed by atoms with E-state index in [0.717, 1.165) is 22.4 Å². The summed E-state index contributed by atoms with van der Waals surface area (Å²) in [6.45, 7) is 5.97. The van der Waals surface area contributed by atoms with E-state index in [9.17, 15) is 9.90 Å². The summed E-state index contributed by atoms with van der Waals surface area (Å²) in [7, 11) is 1.80. The highest BCUT2D eigenvalue weighted by molar-refractivity contribution is 7.96. The van der Waals surface area contributed by atoms with Crippen LogP contribution in [0.15, 0.2) is 12.1 Å². The van der Waals surface area contributed by atoms with E-state index in [0.29, 0.717) is 0 Å². The molecule has 0 aliphatic carbocycles. The Hall–Kier alpha value is -1.24. The van der Waals surface area contributed by atoms with Gasteiger partial charge in [0.2, 0.25) is 0 Å². The maximum absolute atomic E-state index is 10.7. The smallest absolute Gasteiger partial charge is 0.364 e. The molecule has 0 radical (unpaired) electrons. The second kappa shape index (κ2) is 7.52. The van der Waals surface area contributed by atoms with Crippen LogP contribution in [0.1, 0.15) is 23.6 Å². The van der Waals surface area contributed by atoms with Crippen LogP contribution in [0.3, 0.4) is 0 Å². The Morgan fingerprint density at radius 2 is 1.95 bits per heavy atom.